The Morgan fingerprint density at radius 1 is 0.860 bits per heavy atom. The molecule has 0 spiro atoms. The maximum absolute atomic E-state index is 12.7. The smallest absolute Gasteiger partial charge is 0.407 e. The number of hydrogen-bond donors (Lipinski definition) is 4. The Bertz CT molecular complexity index is 1460. The van der Waals surface area contributed by atoms with Gasteiger partial charge >= 0.3 is 6.09 Å². The van der Waals surface area contributed by atoms with Crippen molar-refractivity contribution >= 4 is 41.7 Å². The highest BCUT2D eigenvalue weighted by Gasteiger charge is 2.17. The molecule has 43 heavy (non-hydrogen) atoms. The largest absolute Gasteiger partial charge is 0.444 e. The van der Waals surface area contributed by atoms with Crippen LogP contribution in [-0.4, -0.2) is 50.4 Å². The molecule has 3 aromatic rings. The Morgan fingerprint density at radius 3 is 2.09 bits per heavy atom. The normalized spacial score (nSPS) is 11.6. The van der Waals surface area contributed by atoms with Crippen LogP contribution >= 0.6 is 0 Å². The Kier molecular flexibility index (Phi) is 11.6. The van der Waals surface area contributed by atoms with Gasteiger partial charge in [-0.2, -0.15) is 0 Å². The van der Waals surface area contributed by atoms with Gasteiger partial charge in [-0.1, -0.05) is 36.4 Å². The second-order valence-electron chi connectivity index (χ2n) is 10.9. The number of nitrogens with one attached hydrogen (secondary N) is 4. The summed E-state index contributed by atoms with van der Waals surface area (Å²) < 4.78 is 5.21. The van der Waals surface area contributed by atoms with Crippen molar-refractivity contribution < 1.29 is 19.1 Å². The first-order valence-electron chi connectivity index (χ1n) is 14.2. The molecule has 9 nitrogen and oxygen atoms in total. The highest BCUT2D eigenvalue weighted by molar-refractivity contribution is 6.04. The van der Waals surface area contributed by atoms with E-state index in [1.54, 1.807) is 26.1 Å². The summed E-state index contributed by atoms with van der Waals surface area (Å²) in [7, 11) is 1.59. The fraction of sp³-hybridized carbons (Fsp3) is 0.294. The second kappa shape index (κ2) is 15.3. The molecule has 0 bridgehead atoms. The maximum Gasteiger partial charge on any atom is 0.407 e. The molecule has 0 saturated heterocycles. The Labute approximate surface area is 253 Å². The van der Waals surface area contributed by atoms with E-state index in [1.165, 1.54) is 0 Å². The van der Waals surface area contributed by atoms with Gasteiger partial charge in [-0.15, -0.1) is 0 Å². The third-order valence-electron chi connectivity index (χ3n) is 6.46. The zero-order valence-electron chi connectivity index (χ0n) is 25.5. The number of ether oxygens (including phenoxy) is 1. The van der Waals surface area contributed by atoms with Gasteiger partial charge in [0.25, 0.3) is 5.91 Å². The number of unbranched alkanes of at least 4 members (excludes halogenated alkanes) is 1. The average Bonchev–Trinajstić information content (AvgIpc) is 3.00. The summed E-state index contributed by atoms with van der Waals surface area (Å²) in [5.41, 5.74) is 5.10. The molecule has 0 heterocycles. The number of likely N-dealkylation sites (N-methyl/N-ethyl adjacent to an activating group) is 1. The average molecular weight is 584 g/mol. The van der Waals surface area contributed by atoms with E-state index in [2.05, 4.69) is 33.0 Å². The lowest BCUT2D eigenvalue weighted by molar-refractivity contribution is -0.116. The number of aliphatic imine (C=N–C) groups is 1. The highest BCUT2D eigenvalue weighted by atomic mass is 16.6. The van der Waals surface area contributed by atoms with Crippen molar-refractivity contribution in [2.24, 2.45) is 4.99 Å². The van der Waals surface area contributed by atoms with Crippen LogP contribution in [0.4, 0.5) is 16.2 Å². The number of alkyl carbamates (subject to hydrolysis) is 1. The number of rotatable bonds is 12. The maximum atomic E-state index is 12.7. The number of para-hydroxylation sites is 1. The van der Waals surface area contributed by atoms with Gasteiger partial charge in [0.05, 0.1) is 11.4 Å². The highest BCUT2D eigenvalue weighted by Crippen LogP contribution is 2.34. The van der Waals surface area contributed by atoms with Gasteiger partial charge < -0.3 is 26.0 Å². The molecule has 0 radical (unpaired) electrons. The van der Waals surface area contributed by atoms with Crippen molar-refractivity contribution in [2.45, 2.75) is 46.1 Å². The standard InChI is InChI=1S/C34H41N5O4/c1-23(31(40)36-6)30(39-27-12-8-7-9-13-27)28-22-26(18-19-29(28)35-5)24-14-16-25(17-15-24)32(41)37-20-10-11-21-38-33(42)43-34(2,3)4/h7-9,12-19,22,39H,5,10-11,20-21H2,1-4,6H3,(H,36,40)(H,37,41)(H,38,42)/b30-23-. The molecule has 0 aliphatic rings. The predicted octanol–water partition coefficient (Wildman–Crippen LogP) is 6.31. The number of amides is 3. The molecular formula is C34H41N5O4. The van der Waals surface area contributed by atoms with E-state index in [-0.39, 0.29) is 11.8 Å². The number of hydrogen-bond acceptors (Lipinski definition) is 6. The van der Waals surface area contributed by atoms with Crippen molar-refractivity contribution in [3.05, 3.63) is 89.5 Å². The molecule has 0 fully saturated rings. The van der Waals surface area contributed by atoms with Crippen LogP contribution in [0.15, 0.2) is 83.4 Å². The number of benzene rings is 3. The zero-order chi connectivity index (χ0) is 31.4. The molecule has 226 valence electrons. The van der Waals surface area contributed by atoms with E-state index in [0.717, 1.165) is 22.4 Å². The van der Waals surface area contributed by atoms with E-state index in [4.69, 9.17) is 4.74 Å². The van der Waals surface area contributed by atoms with Gasteiger partial charge in [-0.3, -0.25) is 14.6 Å². The molecule has 3 rings (SSSR count). The van der Waals surface area contributed by atoms with Gasteiger partial charge in [0.2, 0.25) is 5.91 Å². The number of carbonyl (C=O) groups excluding carboxylic acids is 3. The summed E-state index contributed by atoms with van der Waals surface area (Å²) in [5.74, 6) is -0.384. The molecule has 0 unspecified atom stereocenters. The van der Waals surface area contributed by atoms with Crippen LogP contribution in [-0.2, 0) is 9.53 Å². The molecular weight excluding hydrogens is 542 g/mol. The van der Waals surface area contributed by atoms with Crippen molar-refractivity contribution in [1.29, 1.82) is 0 Å². The lowest BCUT2D eigenvalue weighted by Crippen LogP contribution is -2.33. The molecule has 4 N–H and O–H groups in total. The SMILES string of the molecule is C=Nc1ccc(-c2ccc(C(=O)NCCCCNC(=O)OC(C)(C)C)cc2)cc1/C(Nc1ccccc1)=C(\C)C(=O)NC. The Balaban J connectivity index is 1.70. The molecule has 3 aromatic carbocycles. The third kappa shape index (κ3) is 9.85. The van der Waals surface area contributed by atoms with Crippen LogP contribution in [0, 0.1) is 0 Å². The molecule has 3 amide bonds. The van der Waals surface area contributed by atoms with Crippen LogP contribution in [0.5, 0.6) is 0 Å². The molecule has 0 atom stereocenters. The third-order valence-corrected chi connectivity index (χ3v) is 6.46. The van der Waals surface area contributed by atoms with E-state index in [1.807, 2.05) is 81.4 Å². The number of carbonyl (C=O) groups is 3. The number of anilines is 1. The van der Waals surface area contributed by atoms with E-state index in [0.29, 0.717) is 48.5 Å². The lowest BCUT2D eigenvalue weighted by Gasteiger charge is -2.19. The first-order chi connectivity index (χ1) is 20.5. The van der Waals surface area contributed by atoms with Crippen molar-refractivity contribution in [1.82, 2.24) is 16.0 Å². The number of nitrogens with zero attached hydrogens (tertiary/aromatic N) is 1. The zero-order valence-corrected chi connectivity index (χ0v) is 25.5. The van der Waals surface area contributed by atoms with Gasteiger partial charge in [0.1, 0.15) is 5.60 Å². The minimum absolute atomic E-state index is 0.169. The molecule has 0 aliphatic heterocycles. The van der Waals surface area contributed by atoms with Crippen LogP contribution in [0.1, 0.15) is 56.5 Å². The van der Waals surface area contributed by atoms with E-state index < -0.39 is 11.7 Å². The minimum atomic E-state index is -0.534. The Morgan fingerprint density at radius 2 is 1.49 bits per heavy atom. The summed E-state index contributed by atoms with van der Waals surface area (Å²) in [4.78, 5) is 41.3. The van der Waals surface area contributed by atoms with Gasteiger partial charge in [-0.05, 0) is 94.8 Å². The predicted molar refractivity (Wildman–Crippen MR) is 174 cm³/mol. The second-order valence-corrected chi connectivity index (χ2v) is 10.9. The van der Waals surface area contributed by atoms with Crippen LogP contribution in [0.2, 0.25) is 0 Å². The summed E-state index contributed by atoms with van der Waals surface area (Å²) in [5, 5.41) is 11.7. The fourth-order valence-corrected chi connectivity index (χ4v) is 4.26. The summed E-state index contributed by atoms with van der Waals surface area (Å²) in [6.45, 7) is 11.9. The summed E-state index contributed by atoms with van der Waals surface area (Å²) in [6.07, 6.45) is 0.986. The quantitative estimate of drug-likeness (QED) is 0.113. The minimum Gasteiger partial charge on any atom is -0.444 e. The topological polar surface area (TPSA) is 121 Å². The van der Waals surface area contributed by atoms with E-state index >= 15 is 0 Å². The van der Waals surface area contributed by atoms with Crippen molar-refractivity contribution in [2.75, 3.05) is 25.5 Å². The first kappa shape index (κ1) is 32.6. The molecule has 0 aromatic heterocycles. The Hall–Kier alpha value is -4.92. The molecule has 0 aliphatic carbocycles. The van der Waals surface area contributed by atoms with Gasteiger partial charge in [0.15, 0.2) is 0 Å². The lowest BCUT2D eigenvalue weighted by atomic mass is 9.97. The summed E-state index contributed by atoms with van der Waals surface area (Å²) in [6, 6.07) is 22.7. The molecule has 0 saturated carbocycles. The van der Waals surface area contributed by atoms with Gasteiger partial charge in [-0.25, -0.2) is 4.79 Å². The van der Waals surface area contributed by atoms with Crippen LogP contribution in [0.3, 0.4) is 0 Å². The van der Waals surface area contributed by atoms with Crippen molar-refractivity contribution in [3.8, 4) is 11.1 Å². The monoisotopic (exact) mass is 583 g/mol. The van der Waals surface area contributed by atoms with E-state index in [9.17, 15) is 14.4 Å². The van der Waals surface area contributed by atoms with Crippen LogP contribution in [0.25, 0.3) is 16.8 Å². The van der Waals surface area contributed by atoms with Crippen molar-refractivity contribution in [3.63, 3.8) is 0 Å². The van der Waals surface area contributed by atoms with Crippen LogP contribution < -0.4 is 21.3 Å². The fourth-order valence-electron chi connectivity index (χ4n) is 4.26. The molecule has 9 heteroatoms. The first-order valence-corrected chi connectivity index (χ1v) is 14.2. The summed E-state index contributed by atoms with van der Waals surface area (Å²) >= 11 is 0. The van der Waals surface area contributed by atoms with Gasteiger partial charge in [0, 0.05) is 42.5 Å².